The van der Waals surface area contributed by atoms with Crippen molar-refractivity contribution in [2.45, 2.75) is 25.3 Å². The van der Waals surface area contributed by atoms with E-state index in [1.165, 1.54) is 6.21 Å². The molecule has 0 spiro atoms. The molecule has 6 nitrogen and oxygen atoms in total. The van der Waals surface area contributed by atoms with Gasteiger partial charge in [-0.25, -0.2) is 0 Å². The number of aliphatic hydroxyl groups excluding tert-OH is 1. The van der Waals surface area contributed by atoms with Crippen LogP contribution in [0.25, 0.3) is 0 Å². The van der Waals surface area contributed by atoms with Crippen molar-refractivity contribution in [3.8, 4) is 0 Å². The third-order valence-corrected chi connectivity index (χ3v) is 3.88. The van der Waals surface area contributed by atoms with Crippen molar-refractivity contribution in [1.82, 2.24) is 4.90 Å². The van der Waals surface area contributed by atoms with Gasteiger partial charge in [-0.15, -0.1) is 0 Å². The van der Waals surface area contributed by atoms with Crippen LogP contribution in [0.1, 0.15) is 29.6 Å². The molecule has 1 aromatic rings. The molecular weight excluding hydrogens is 304 g/mol. The molecule has 118 valence electrons. The Morgan fingerprint density at radius 3 is 3.09 bits per heavy atom. The van der Waals surface area contributed by atoms with Crippen LogP contribution < -0.4 is 5.43 Å². The van der Waals surface area contributed by atoms with Gasteiger partial charge in [-0.1, -0.05) is 11.6 Å². The number of carbonyl (C=O) groups is 1. The number of carbonyl (C=O) groups excluding carboxylic acids is 1. The van der Waals surface area contributed by atoms with Gasteiger partial charge in [0.2, 0.25) is 0 Å². The minimum atomic E-state index is -0.172. The van der Waals surface area contributed by atoms with Gasteiger partial charge >= 0.3 is 0 Å². The Balaban J connectivity index is 2.28. The smallest absolute Gasteiger partial charge is 0.256 e. The normalized spacial score (nSPS) is 18.5. The van der Waals surface area contributed by atoms with Crippen molar-refractivity contribution >= 4 is 35.6 Å². The summed E-state index contributed by atoms with van der Waals surface area (Å²) < 4.78 is 0. The minimum absolute atomic E-state index is 0.0407. The van der Waals surface area contributed by atoms with Gasteiger partial charge in [0.05, 0.1) is 30.1 Å². The Morgan fingerprint density at radius 2 is 2.36 bits per heavy atom. The number of piperidine rings is 1. The second kappa shape index (κ2) is 7.91. The quantitative estimate of drug-likeness (QED) is 0.574. The fraction of sp³-hybridized carbons (Fsp3) is 0.400. The Hall–Kier alpha value is -1.92. The van der Waals surface area contributed by atoms with Gasteiger partial charge in [0.1, 0.15) is 0 Å². The standard InChI is InChI=1S/C15H19ClN4O2/c16-11-4-5-14(19-18-7-6-17)13(9-11)15(22)20-8-2-1-3-12(20)10-21/h4-7,9,12,17,19,21H,1-3,8,10H2/b17-6?,18-7-/t12-/m0/s1. The number of nitrogens with zero attached hydrogens (tertiary/aromatic N) is 2. The SMILES string of the molecule is N=C/C=N\Nc1ccc(Cl)cc1C(=O)N1CCCC[C@H]1CO. The Labute approximate surface area is 134 Å². The molecule has 22 heavy (non-hydrogen) atoms. The number of aliphatic hydroxyl groups is 1. The summed E-state index contributed by atoms with van der Waals surface area (Å²) in [5.74, 6) is -0.172. The van der Waals surface area contributed by atoms with Crippen LogP contribution in [0.2, 0.25) is 5.02 Å². The summed E-state index contributed by atoms with van der Waals surface area (Å²) in [5.41, 5.74) is 3.68. The number of halogens is 1. The van der Waals surface area contributed by atoms with Crippen molar-refractivity contribution in [2.75, 3.05) is 18.6 Å². The third-order valence-electron chi connectivity index (χ3n) is 3.64. The number of rotatable bonds is 5. The first-order valence-electron chi connectivity index (χ1n) is 7.17. The average molecular weight is 323 g/mol. The summed E-state index contributed by atoms with van der Waals surface area (Å²) in [5, 5.41) is 20.7. The van der Waals surface area contributed by atoms with Gasteiger partial charge < -0.3 is 15.4 Å². The van der Waals surface area contributed by atoms with Crippen molar-refractivity contribution in [1.29, 1.82) is 5.41 Å². The lowest BCUT2D eigenvalue weighted by Gasteiger charge is -2.35. The summed E-state index contributed by atoms with van der Waals surface area (Å²) >= 11 is 6.01. The fourth-order valence-electron chi connectivity index (χ4n) is 2.55. The molecule has 0 unspecified atom stereocenters. The summed E-state index contributed by atoms with van der Waals surface area (Å²) in [6.07, 6.45) is 5.06. The molecule has 1 atom stereocenters. The van der Waals surface area contributed by atoms with Crippen molar-refractivity contribution in [3.05, 3.63) is 28.8 Å². The van der Waals surface area contributed by atoms with Gasteiger partial charge in [-0.2, -0.15) is 5.10 Å². The summed E-state index contributed by atoms with van der Waals surface area (Å²) in [6, 6.07) is 4.78. The van der Waals surface area contributed by atoms with E-state index in [-0.39, 0.29) is 18.6 Å². The molecule has 0 saturated carbocycles. The van der Waals surface area contributed by atoms with Gasteiger partial charge in [0, 0.05) is 17.8 Å². The molecule has 1 aliphatic rings. The molecule has 1 amide bonds. The van der Waals surface area contributed by atoms with Crippen LogP contribution in [-0.4, -0.2) is 47.5 Å². The van der Waals surface area contributed by atoms with Gasteiger partial charge in [0.15, 0.2) is 0 Å². The molecule has 0 radical (unpaired) electrons. The Bertz CT molecular complexity index is 577. The Morgan fingerprint density at radius 1 is 1.55 bits per heavy atom. The summed E-state index contributed by atoms with van der Waals surface area (Å²) in [4.78, 5) is 14.5. The van der Waals surface area contributed by atoms with E-state index in [4.69, 9.17) is 17.0 Å². The lowest BCUT2D eigenvalue weighted by Crippen LogP contribution is -2.45. The lowest BCUT2D eigenvalue weighted by molar-refractivity contribution is 0.0504. The molecule has 3 N–H and O–H groups in total. The van der Waals surface area contributed by atoms with E-state index in [9.17, 15) is 9.90 Å². The monoisotopic (exact) mass is 322 g/mol. The molecule has 1 heterocycles. The van der Waals surface area contributed by atoms with E-state index in [2.05, 4.69) is 10.5 Å². The predicted octanol–water partition coefficient (Wildman–Crippen LogP) is 2.37. The second-order valence-corrected chi connectivity index (χ2v) is 5.51. The van der Waals surface area contributed by atoms with E-state index in [1.54, 1.807) is 23.1 Å². The van der Waals surface area contributed by atoms with Crippen LogP contribution in [-0.2, 0) is 0 Å². The van der Waals surface area contributed by atoms with Crippen LogP contribution in [0.3, 0.4) is 0 Å². The molecule has 0 aromatic heterocycles. The maximum Gasteiger partial charge on any atom is 0.256 e. The minimum Gasteiger partial charge on any atom is -0.394 e. The van der Waals surface area contributed by atoms with Gasteiger partial charge in [0.25, 0.3) is 5.91 Å². The maximum absolute atomic E-state index is 12.8. The van der Waals surface area contributed by atoms with E-state index in [1.807, 2.05) is 0 Å². The van der Waals surface area contributed by atoms with E-state index < -0.39 is 0 Å². The maximum atomic E-state index is 12.8. The molecule has 2 rings (SSSR count). The number of anilines is 1. The van der Waals surface area contributed by atoms with E-state index in [0.717, 1.165) is 25.5 Å². The summed E-state index contributed by atoms with van der Waals surface area (Å²) in [6.45, 7) is 0.584. The average Bonchev–Trinajstić information content (AvgIpc) is 2.55. The summed E-state index contributed by atoms with van der Waals surface area (Å²) in [7, 11) is 0. The number of hydrazone groups is 1. The topological polar surface area (TPSA) is 88.8 Å². The van der Waals surface area contributed by atoms with Crippen LogP contribution >= 0.6 is 11.6 Å². The molecule has 1 aliphatic heterocycles. The van der Waals surface area contributed by atoms with Crippen LogP contribution in [0.5, 0.6) is 0 Å². The van der Waals surface area contributed by atoms with Crippen LogP contribution in [0.15, 0.2) is 23.3 Å². The van der Waals surface area contributed by atoms with Crippen molar-refractivity contribution in [2.24, 2.45) is 5.10 Å². The highest BCUT2D eigenvalue weighted by Gasteiger charge is 2.28. The number of hydrogen-bond donors (Lipinski definition) is 3. The number of amides is 1. The first kappa shape index (κ1) is 16.5. The molecule has 0 bridgehead atoms. The molecule has 7 heteroatoms. The Kier molecular flexibility index (Phi) is 5.91. The van der Waals surface area contributed by atoms with Crippen LogP contribution in [0.4, 0.5) is 5.69 Å². The predicted molar refractivity (Wildman–Crippen MR) is 88.1 cm³/mol. The molecule has 1 saturated heterocycles. The zero-order chi connectivity index (χ0) is 15.9. The highest BCUT2D eigenvalue weighted by atomic mass is 35.5. The van der Waals surface area contributed by atoms with Crippen molar-refractivity contribution < 1.29 is 9.90 Å². The number of likely N-dealkylation sites (tertiary alicyclic amines) is 1. The number of hydrogen-bond acceptors (Lipinski definition) is 5. The molecule has 1 aromatic carbocycles. The number of benzene rings is 1. The van der Waals surface area contributed by atoms with Crippen molar-refractivity contribution in [3.63, 3.8) is 0 Å². The van der Waals surface area contributed by atoms with Gasteiger partial charge in [-0.3, -0.25) is 10.2 Å². The lowest BCUT2D eigenvalue weighted by atomic mass is 10.0. The molecule has 0 aliphatic carbocycles. The zero-order valence-corrected chi connectivity index (χ0v) is 12.9. The van der Waals surface area contributed by atoms with Gasteiger partial charge in [-0.05, 0) is 37.5 Å². The third kappa shape index (κ3) is 3.84. The largest absolute Gasteiger partial charge is 0.394 e. The highest BCUT2D eigenvalue weighted by molar-refractivity contribution is 6.31. The van der Waals surface area contributed by atoms with E-state index >= 15 is 0 Å². The van der Waals surface area contributed by atoms with Crippen LogP contribution in [0, 0.1) is 5.41 Å². The highest BCUT2D eigenvalue weighted by Crippen LogP contribution is 2.26. The fourth-order valence-corrected chi connectivity index (χ4v) is 2.72. The zero-order valence-electron chi connectivity index (χ0n) is 12.1. The second-order valence-electron chi connectivity index (χ2n) is 5.08. The molecule has 1 fully saturated rings. The van der Waals surface area contributed by atoms with E-state index in [0.29, 0.717) is 22.8 Å². The first-order chi connectivity index (χ1) is 10.7. The number of nitrogens with one attached hydrogen (secondary N) is 2. The first-order valence-corrected chi connectivity index (χ1v) is 7.54. The molecular formula is C15H19ClN4O2.